The van der Waals surface area contributed by atoms with Gasteiger partial charge in [-0.2, -0.15) is 0 Å². The highest BCUT2D eigenvalue weighted by molar-refractivity contribution is 6.30. The van der Waals surface area contributed by atoms with Crippen molar-refractivity contribution < 1.29 is 9.59 Å². The Balaban J connectivity index is 2.06. The number of benzene rings is 1. The summed E-state index contributed by atoms with van der Waals surface area (Å²) >= 11 is 5.80. The number of anilines is 1. The molecule has 1 fully saturated rings. The Morgan fingerprint density at radius 1 is 1.15 bits per heavy atom. The van der Waals surface area contributed by atoms with Crippen LogP contribution >= 0.6 is 11.6 Å². The second-order valence-electron chi connectivity index (χ2n) is 5.59. The van der Waals surface area contributed by atoms with Gasteiger partial charge in [0.15, 0.2) is 0 Å². The van der Waals surface area contributed by atoms with Crippen LogP contribution < -0.4 is 5.32 Å². The number of nitrogens with zero attached hydrogens (tertiary/aromatic N) is 1. The van der Waals surface area contributed by atoms with E-state index in [1.165, 1.54) is 0 Å². The quantitative estimate of drug-likeness (QED) is 0.872. The first-order valence-electron chi connectivity index (χ1n) is 6.77. The fraction of sp³-hybridized carbons (Fsp3) is 0.467. The highest BCUT2D eigenvalue weighted by Crippen LogP contribution is 2.24. The Kier molecular flexibility index (Phi) is 4.33. The third-order valence-electron chi connectivity index (χ3n) is 3.60. The Hall–Kier alpha value is -1.55. The highest BCUT2D eigenvalue weighted by Gasteiger charge is 2.39. The summed E-state index contributed by atoms with van der Waals surface area (Å²) in [4.78, 5) is 26.5. The van der Waals surface area contributed by atoms with Crippen molar-refractivity contribution >= 4 is 29.1 Å². The molecule has 108 valence electrons. The number of amides is 2. The molecule has 2 amide bonds. The van der Waals surface area contributed by atoms with Crippen molar-refractivity contribution in [3.05, 3.63) is 29.3 Å². The topological polar surface area (TPSA) is 49.4 Å². The number of hydrogen-bond acceptors (Lipinski definition) is 2. The summed E-state index contributed by atoms with van der Waals surface area (Å²) < 4.78 is 0. The van der Waals surface area contributed by atoms with Crippen LogP contribution in [0.4, 0.5) is 5.69 Å². The van der Waals surface area contributed by atoms with Crippen LogP contribution in [0.3, 0.4) is 0 Å². The molecule has 1 N–H and O–H groups in total. The van der Waals surface area contributed by atoms with Gasteiger partial charge in [0.25, 0.3) is 0 Å². The molecule has 5 heteroatoms. The van der Waals surface area contributed by atoms with Gasteiger partial charge in [0, 0.05) is 23.8 Å². The van der Waals surface area contributed by atoms with E-state index in [0.717, 1.165) is 25.9 Å². The van der Waals surface area contributed by atoms with Crippen LogP contribution in [0.5, 0.6) is 0 Å². The molecule has 0 aromatic heterocycles. The molecule has 20 heavy (non-hydrogen) atoms. The van der Waals surface area contributed by atoms with E-state index in [1.54, 1.807) is 43.0 Å². The zero-order valence-electron chi connectivity index (χ0n) is 11.8. The molecule has 0 atom stereocenters. The van der Waals surface area contributed by atoms with Gasteiger partial charge in [-0.25, -0.2) is 0 Å². The first kappa shape index (κ1) is 14.9. The van der Waals surface area contributed by atoms with Crippen LogP contribution in [0.25, 0.3) is 0 Å². The fourth-order valence-electron chi connectivity index (χ4n) is 2.23. The van der Waals surface area contributed by atoms with Gasteiger partial charge >= 0.3 is 0 Å². The third-order valence-corrected chi connectivity index (χ3v) is 3.85. The molecule has 0 spiro atoms. The summed E-state index contributed by atoms with van der Waals surface area (Å²) in [5, 5.41) is 3.38. The number of carbonyl (C=O) groups excluding carboxylic acids is 2. The van der Waals surface area contributed by atoms with E-state index >= 15 is 0 Å². The standard InChI is InChI=1S/C15H19ClN2O2/c1-15(2,14(20)18-9-3-4-10-18)13(19)17-12-7-5-11(16)6-8-12/h5-8H,3-4,9-10H2,1-2H3,(H,17,19). The van der Waals surface area contributed by atoms with E-state index in [-0.39, 0.29) is 11.8 Å². The number of rotatable bonds is 3. The molecule has 1 aromatic rings. The molecular formula is C15H19ClN2O2. The molecule has 0 radical (unpaired) electrons. The average Bonchev–Trinajstić information content (AvgIpc) is 2.94. The minimum Gasteiger partial charge on any atom is -0.342 e. The summed E-state index contributed by atoms with van der Waals surface area (Å²) in [5.41, 5.74) is -0.425. The summed E-state index contributed by atoms with van der Waals surface area (Å²) in [6.45, 7) is 4.82. The van der Waals surface area contributed by atoms with Gasteiger partial charge in [0.1, 0.15) is 5.41 Å². The highest BCUT2D eigenvalue weighted by atomic mass is 35.5. The van der Waals surface area contributed by atoms with Crippen LogP contribution in [0, 0.1) is 5.41 Å². The lowest BCUT2D eigenvalue weighted by molar-refractivity contribution is -0.145. The maximum Gasteiger partial charge on any atom is 0.239 e. The fourth-order valence-corrected chi connectivity index (χ4v) is 2.36. The molecule has 1 aliphatic heterocycles. The summed E-state index contributed by atoms with van der Waals surface area (Å²) in [5.74, 6) is -0.404. The number of likely N-dealkylation sites (tertiary alicyclic amines) is 1. The Morgan fingerprint density at radius 2 is 1.70 bits per heavy atom. The van der Waals surface area contributed by atoms with Crippen LogP contribution in [0.15, 0.2) is 24.3 Å². The molecule has 4 nitrogen and oxygen atoms in total. The molecule has 0 saturated carbocycles. The molecule has 0 unspecified atom stereocenters. The van der Waals surface area contributed by atoms with Crippen molar-refractivity contribution in [2.75, 3.05) is 18.4 Å². The lowest BCUT2D eigenvalue weighted by atomic mass is 9.90. The van der Waals surface area contributed by atoms with Crippen LogP contribution in [-0.4, -0.2) is 29.8 Å². The van der Waals surface area contributed by atoms with Gasteiger partial charge in [-0.1, -0.05) is 11.6 Å². The maximum absolute atomic E-state index is 12.4. The number of carbonyl (C=O) groups is 2. The maximum atomic E-state index is 12.4. The van der Waals surface area contributed by atoms with Crippen LogP contribution in [0.2, 0.25) is 5.02 Å². The van der Waals surface area contributed by atoms with E-state index in [4.69, 9.17) is 11.6 Å². The van der Waals surface area contributed by atoms with Crippen LogP contribution in [-0.2, 0) is 9.59 Å². The van der Waals surface area contributed by atoms with Crippen LogP contribution in [0.1, 0.15) is 26.7 Å². The SMILES string of the molecule is CC(C)(C(=O)Nc1ccc(Cl)cc1)C(=O)N1CCCC1. The minimum atomic E-state index is -1.07. The van der Waals surface area contributed by atoms with E-state index in [0.29, 0.717) is 10.7 Å². The van der Waals surface area contributed by atoms with Crippen molar-refractivity contribution in [1.82, 2.24) is 4.90 Å². The molecule has 1 saturated heterocycles. The van der Waals surface area contributed by atoms with Gasteiger partial charge in [-0.05, 0) is 51.0 Å². The molecule has 1 aliphatic rings. The molecule has 1 heterocycles. The molecular weight excluding hydrogens is 276 g/mol. The second kappa shape index (κ2) is 5.83. The van der Waals surface area contributed by atoms with Crippen molar-refractivity contribution in [2.24, 2.45) is 5.41 Å². The number of nitrogens with one attached hydrogen (secondary N) is 1. The smallest absolute Gasteiger partial charge is 0.239 e. The average molecular weight is 295 g/mol. The normalized spacial score (nSPS) is 15.2. The van der Waals surface area contributed by atoms with Gasteiger partial charge in [-0.15, -0.1) is 0 Å². The lowest BCUT2D eigenvalue weighted by Crippen LogP contribution is -2.46. The Bertz CT molecular complexity index is 505. The monoisotopic (exact) mass is 294 g/mol. The summed E-state index contributed by atoms with van der Waals surface area (Å²) in [6.07, 6.45) is 2.03. The minimum absolute atomic E-state index is 0.110. The molecule has 0 aliphatic carbocycles. The first-order valence-corrected chi connectivity index (χ1v) is 7.15. The summed E-state index contributed by atoms with van der Waals surface area (Å²) in [7, 11) is 0. The van der Waals surface area contributed by atoms with Crippen molar-refractivity contribution in [3.63, 3.8) is 0 Å². The van der Waals surface area contributed by atoms with Crippen molar-refractivity contribution in [3.8, 4) is 0 Å². The number of halogens is 1. The van der Waals surface area contributed by atoms with Crippen molar-refractivity contribution in [1.29, 1.82) is 0 Å². The largest absolute Gasteiger partial charge is 0.342 e. The molecule has 1 aromatic carbocycles. The van der Waals surface area contributed by atoms with Crippen molar-refractivity contribution in [2.45, 2.75) is 26.7 Å². The molecule has 2 rings (SSSR count). The predicted octanol–water partition coefficient (Wildman–Crippen LogP) is 2.93. The lowest BCUT2D eigenvalue weighted by Gasteiger charge is -2.28. The van der Waals surface area contributed by atoms with E-state index in [1.807, 2.05) is 0 Å². The molecule has 0 bridgehead atoms. The predicted molar refractivity (Wildman–Crippen MR) is 79.7 cm³/mol. The summed E-state index contributed by atoms with van der Waals surface area (Å²) in [6, 6.07) is 6.84. The zero-order valence-corrected chi connectivity index (χ0v) is 12.5. The third kappa shape index (κ3) is 3.12. The second-order valence-corrected chi connectivity index (χ2v) is 6.02. The van der Waals surface area contributed by atoms with Gasteiger partial charge < -0.3 is 10.2 Å². The Labute approximate surface area is 124 Å². The van der Waals surface area contributed by atoms with E-state index in [2.05, 4.69) is 5.32 Å². The van der Waals surface area contributed by atoms with Gasteiger partial charge in [0.05, 0.1) is 0 Å². The number of hydrogen-bond donors (Lipinski definition) is 1. The zero-order chi connectivity index (χ0) is 14.8. The van der Waals surface area contributed by atoms with Gasteiger partial charge in [0.2, 0.25) is 11.8 Å². The van der Waals surface area contributed by atoms with E-state index < -0.39 is 5.41 Å². The van der Waals surface area contributed by atoms with E-state index in [9.17, 15) is 9.59 Å². The Morgan fingerprint density at radius 3 is 2.25 bits per heavy atom. The first-order chi connectivity index (χ1) is 9.41. The van der Waals surface area contributed by atoms with Gasteiger partial charge in [-0.3, -0.25) is 9.59 Å².